The number of fused-ring (bicyclic) bond motifs is 2. The SMILES string of the molecule is CN1C2CCC1CN(Cc1cccc(B(O)O)c1)CC2. The van der Waals surface area contributed by atoms with Crippen molar-refractivity contribution in [1.29, 1.82) is 0 Å². The predicted octanol–water partition coefficient (Wildman–Crippen LogP) is 0.0349. The molecule has 0 aromatic heterocycles. The molecule has 1 aromatic carbocycles. The van der Waals surface area contributed by atoms with E-state index in [1.807, 2.05) is 12.1 Å². The van der Waals surface area contributed by atoms with Crippen molar-refractivity contribution in [1.82, 2.24) is 9.80 Å². The van der Waals surface area contributed by atoms with E-state index < -0.39 is 7.12 Å². The van der Waals surface area contributed by atoms with Crippen LogP contribution in [-0.4, -0.2) is 59.2 Å². The van der Waals surface area contributed by atoms with E-state index in [4.69, 9.17) is 0 Å². The fourth-order valence-electron chi connectivity index (χ4n) is 3.63. The summed E-state index contributed by atoms with van der Waals surface area (Å²) < 4.78 is 0. The molecule has 0 saturated carbocycles. The van der Waals surface area contributed by atoms with Gasteiger partial charge in [-0.15, -0.1) is 0 Å². The van der Waals surface area contributed by atoms with Crippen LogP contribution in [0.2, 0.25) is 0 Å². The Morgan fingerprint density at radius 3 is 2.80 bits per heavy atom. The first-order valence-corrected chi connectivity index (χ1v) is 7.53. The first-order valence-electron chi connectivity index (χ1n) is 7.53. The largest absolute Gasteiger partial charge is 0.488 e. The predicted molar refractivity (Wildman–Crippen MR) is 80.7 cm³/mol. The zero-order chi connectivity index (χ0) is 14.1. The van der Waals surface area contributed by atoms with Crippen LogP contribution in [0.15, 0.2) is 24.3 Å². The molecule has 3 rings (SSSR count). The molecule has 2 bridgehead atoms. The second-order valence-corrected chi connectivity index (χ2v) is 6.19. The molecule has 2 unspecified atom stereocenters. The maximum atomic E-state index is 9.25. The molecule has 2 saturated heterocycles. The van der Waals surface area contributed by atoms with Crippen LogP contribution in [-0.2, 0) is 6.54 Å². The molecular formula is C15H23BN2O2. The highest BCUT2D eigenvalue weighted by Gasteiger charge is 2.34. The highest BCUT2D eigenvalue weighted by molar-refractivity contribution is 6.58. The molecule has 2 atom stereocenters. The van der Waals surface area contributed by atoms with E-state index in [1.165, 1.54) is 19.3 Å². The van der Waals surface area contributed by atoms with Gasteiger partial charge in [-0.25, -0.2) is 0 Å². The first-order chi connectivity index (χ1) is 9.63. The van der Waals surface area contributed by atoms with E-state index in [-0.39, 0.29) is 0 Å². The number of hydrogen-bond donors (Lipinski definition) is 2. The molecule has 20 heavy (non-hydrogen) atoms. The van der Waals surface area contributed by atoms with Crippen molar-refractivity contribution in [2.75, 3.05) is 20.1 Å². The average Bonchev–Trinajstić information content (AvgIpc) is 2.67. The van der Waals surface area contributed by atoms with Crippen LogP contribution in [0.3, 0.4) is 0 Å². The Hall–Kier alpha value is -0.875. The normalized spacial score (nSPS) is 27.6. The Balaban J connectivity index is 1.67. The summed E-state index contributed by atoms with van der Waals surface area (Å²) in [6.45, 7) is 3.16. The Morgan fingerprint density at radius 1 is 1.20 bits per heavy atom. The lowest BCUT2D eigenvalue weighted by Crippen LogP contribution is -2.36. The quantitative estimate of drug-likeness (QED) is 0.764. The van der Waals surface area contributed by atoms with Gasteiger partial charge in [0, 0.05) is 31.7 Å². The van der Waals surface area contributed by atoms with Gasteiger partial charge in [0.25, 0.3) is 0 Å². The lowest BCUT2D eigenvalue weighted by Gasteiger charge is -2.25. The zero-order valence-electron chi connectivity index (χ0n) is 12.1. The molecule has 0 radical (unpaired) electrons. The zero-order valence-corrected chi connectivity index (χ0v) is 12.1. The Labute approximate surface area is 121 Å². The summed E-state index contributed by atoms with van der Waals surface area (Å²) in [4.78, 5) is 5.05. The fourth-order valence-corrected chi connectivity index (χ4v) is 3.63. The molecule has 2 fully saturated rings. The third kappa shape index (κ3) is 2.91. The number of benzene rings is 1. The second kappa shape index (κ2) is 5.86. The van der Waals surface area contributed by atoms with Crippen LogP contribution in [0.4, 0.5) is 0 Å². The maximum absolute atomic E-state index is 9.25. The number of likely N-dealkylation sites (N-methyl/N-ethyl adjacent to an activating group) is 1. The molecule has 2 aliphatic rings. The van der Waals surface area contributed by atoms with Crippen LogP contribution >= 0.6 is 0 Å². The standard InChI is InChI=1S/C15H23BN2O2/c1-17-14-5-6-15(17)11-18(8-7-14)10-12-3-2-4-13(9-12)16(19)20/h2-4,9,14-15,19-20H,5-8,10-11H2,1H3. The van der Waals surface area contributed by atoms with Gasteiger partial charge >= 0.3 is 7.12 Å². The van der Waals surface area contributed by atoms with Crippen molar-refractivity contribution in [3.05, 3.63) is 29.8 Å². The van der Waals surface area contributed by atoms with E-state index in [2.05, 4.69) is 22.9 Å². The molecule has 108 valence electrons. The van der Waals surface area contributed by atoms with Gasteiger partial charge in [-0.2, -0.15) is 0 Å². The van der Waals surface area contributed by atoms with Crippen LogP contribution in [0.25, 0.3) is 0 Å². The van der Waals surface area contributed by atoms with E-state index in [0.717, 1.165) is 31.2 Å². The van der Waals surface area contributed by atoms with Crippen LogP contribution in [0.5, 0.6) is 0 Å². The molecule has 0 amide bonds. The molecule has 1 aromatic rings. The molecule has 2 N–H and O–H groups in total. The van der Waals surface area contributed by atoms with Crippen molar-refractivity contribution in [3.8, 4) is 0 Å². The minimum Gasteiger partial charge on any atom is -0.423 e. The summed E-state index contributed by atoms with van der Waals surface area (Å²) in [5.41, 5.74) is 1.74. The van der Waals surface area contributed by atoms with E-state index in [1.54, 1.807) is 6.07 Å². The molecule has 0 spiro atoms. The highest BCUT2D eigenvalue weighted by Crippen LogP contribution is 2.28. The van der Waals surface area contributed by atoms with Gasteiger partial charge in [-0.3, -0.25) is 9.80 Å². The van der Waals surface area contributed by atoms with Crippen LogP contribution in [0.1, 0.15) is 24.8 Å². The van der Waals surface area contributed by atoms with Crippen molar-refractivity contribution in [3.63, 3.8) is 0 Å². The van der Waals surface area contributed by atoms with Crippen LogP contribution < -0.4 is 5.46 Å². The van der Waals surface area contributed by atoms with Crippen molar-refractivity contribution < 1.29 is 10.0 Å². The summed E-state index contributed by atoms with van der Waals surface area (Å²) in [6.07, 6.45) is 3.91. The van der Waals surface area contributed by atoms with Gasteiger partial charge in [-0.05, 0) is 37.3 Å². The van der Waals surface area contributed by atoms with Gasteiger partial charge in [0.15, 0.2) is 0 Å². The number of nitrogens with zero attached hydrogens (tertiary/aromatic N) is 2. The molecule has 2 aliphatic heterocycles. The van der Waals surface area contributed by atoms with Gasteiger partial charge in [0.2, 0.25) is 0 Å². The summed E-state index contributed by atoms with van der Waals surface area (Å²) in [5.74, 6) is 0. The van der Waals surface area contributed by atoms with E-state index in [9.17, 15) is 10.0 Å². The summed E-state index contributed by atoms with van der Waals surface area (Å²) >= 11 is 0. The highest BCUT2D eigenvalue weighted by atomic mass is 16.4. The second-order valence-electron chi connectivity index (χ2n) is 6.19. The molecular weight excluding hydrogens is 251 g/mol. The molecule has 0 aliphatic carbocycles. The van der Waals surface area contributed by atoms with Crippen molar-refractivity contribution in [2.24, 2.45) is 0 Å². The van der Waals surface area contributed by atoms with Gasteiger partial charge in [0.1, 0.15) is 0 Å². The van der Waals surface area contributed by atoms with E-state index >= 15 is 0 Å². The third-order valence-corrected chi connectivity index (χ3v) is 4.89. The Kier molecular flexibility index (Phi) is 4.12. The van der Waals surface area contributed by atoms with Gasteiger partial charge in [0.05, 0.1) is 0 Å². The Morgan fingerprint density at radius 2 is 2.00 bits per heavy atom. The van der Waals surface area contributed by atoms with E-state index in [0.29, 0.717) is 11.5 Å². The molecule has 5 heteroatoms. The lowest BCUT2D eigenvalue weighted by molar-refractivity contribution is 0.214. The monoisotopic (exact) mass is 274 g/mol. The van der Waals surface area contributed by atoms with Crippen molar-refractivity contribution >= 4 is 12.6 Å². The smallest absolute Gasteiger partial charge is 0.423 e. The fraction of sp³-hybridized carbons (Fsp3) is 0.600. The number of likely N-dealkylation sites (tertiary alicyclic amines) is 1. The molecule has 2 heterocycles. The Bertz CT molecular complexity index is 469. The maximum Gasteiger partial charge on any atom is 0.488 e. The minimum atomic E-state index is -1.37. The number of rotatable bonds is 3. The van der Waals surface area contributed by atoms with Gasteiger partial charge < -0.3 is 10.0 Å². The van der Waals surface area contributed by atoms with Crippen molar-refractivity contribution in [2.45, 2.75) is 37.9 Å². The molecule has 4 nitrogen and oxygen atoms in total. The lowest BCUT2D eigenvalue weighted by atomic mass is 9.79. The first kappa shape index (κ1) is 14.1. The van der Waals surface area contributed by atoms with Gasteiger partial charge in [-0.1, -0.05) is 24.3 Å². The third-order valence-electron chi connectivity index (χ3n) is 4.89. The number of hydrogen-bond acceptors (Lipinski definition) is 4. The summed E-state index contributed by atoms with van der Waals surface area (Å²) in [5, 5.41) is 18.5. The van der Waals surface area contributed by atoms with Crippen LogP contribution in [0, 0.1) is 0 Å². The summed E-state index contributed by atoms with van der Waals surface area (Å²) in [7, 11) is 0.885. The average molecular weight is 274 g/mol. The summed E-state index contributed by atoms with van der Waals surface area (Å²) in [6, 6.07) is 9.08. The topological polar surface area (TPSA) is 46.9 Å². The minimum absolute atomic E-state index is 0.580.